The molecule has 0 saturated heterocycles. The van der Waals surface area contributed by atoms with Crippen LogP contribution in [-0.2, 0) is 22.5 Å². The molecule has 0 radical (unpaired) electrons. The Morgan fingerprint density at radius 2 is 2.00 bits per heavy atom. The van der Waals surface area contributed by atoms with Crippen LogP contribution in [0.15, 0.2) is 42.5 Å². The summed E-state index contributed by atoms with van der Waals surface area (Å²) in [4.78, 5) is 24.6. The van der Waals surface area contributed by atoms with Crippen molar-refractivity contribution < 1.29 is 14.3 Å². The number of nitrogens with one attached hydrogen (secondary N) is 1. The van der Waals surface area contributed by atoms with Crippen LogP contribution in [0.4, 0.5) is 0 Å². The molecule has 0 fully saturated rings. The molecule has 0 bridgehead atoms. The lowest BCUT2D eigenvalue weighted by molar-refractivity contribution is -0.119. The van der Waals surface area contributed by atoms with Crippen molar-refractivity contribution in [3.63, 3.8) is 0 Å². The molecule has 1 heterocycles. The van der Waals surface area contributed by atoms with E-state index in [1.165, 1.54) is 18.3 Å². The third kappa shape index (κ3) is 5.56. The first-order valence-electron chi connectivity index (χ1n) is 7.60. The van der Waals surface area contributed by atoms with Crippen LogP contribution in [0.1, 0.15) is 33.5 Å². The minimum atomic E-state index is -0.384. The normalized spacial score (nSPS) is 11.3. The number of ether oxygens (including phenoxy) is 1. The number of hydrogen-bond acceptors (Lipinski definition) is 4. The van der Waals surface area contributed by atoms with Gasteiger partial charge in [-0.1, -0.05) is 30.3 Å². The third-order valence-corrected chi connectivity index (χ3v) is 4.37. The van der Waals surface area contributed by atoms with Gasteiger partial charge in [-0.2, -0.15) is 0 Å². The Morgan fingerprint density at radius 3 is 2.67 bits per heavy atom. The quantitative estimate of drug-likeness (QED) is 0.622. The van der Waals surface area contributed by atoms with Crippen molar-refractivity contribution in [1.29, 1.82) is 0 Å². The van der Waals surface area contributed by atoms with E-state index >= 15 is 0 Å². The fraction of sp³-hybridized carbons (Fsp3) is 0.263. The first-order valence-corrected chi connectivity index (χ1v) is 8.41. The first kappa shape index (κ1) is 17.8. The molecular formula is C19H19NO3S. The number of carbonyl (C=O) groups is 2. The number of thiophene rings is 1. The highest BCUT2D eigenvalue weighted by atomic mass is 32.1. The topological polar surface area (TPSA) is 55.4 Å². The standard InChI is InChI=1S/C19H19NO3S/c1-3-7-16(12-15-8-5-4-6-9-15)23-19(22)18-11-10-17(24-18)13-20-14(2)21/h1,4-6,8-11,16H,7,12-13H2,2H3,(H,20,21). The second kappa shape index (κ2) is 8.90. The highest BCUT2D eigenvalue weighted by Crippen LogP contribution is 2.19. The smallest absolute Gasteiger partial charge is 0.348 e. The highest BCUT2D eigenvalue weighted by Gasteiger charge is 2.17. The van der Waals surface area contributed by atoms with E-state index in [0.29, 0.717) is 24.3 Å². The van der Waals surface area contributed by atoms with Crippen LogP contribution >= 0.6 is 11.3 Å². The summed E-state index contributed by atoms with van der Waals surface area (Å²) in [5, 5.41) is 2.70. The number of carbonyl (C=O) groups excluding carboxylic acids is 2. The summed E-state index contributed by atoms with van der Waals surface area (Å²) in [6.45, 7) is 1.86. The Labute approximate surface area is 145 Å². The molecule has 0 saturated carbocycles. The zero-order valence-corrected chi connectivity index (χ0v) is 14.3. The molecule has 0 aliphatic rings. The van der Waals surface area contributed by atoms with Crippen molar-refractivity contribution in [3.05, 3.63) is 57.8 Å². The summed E-state index contributed by atoms with van der Waals surface area (Å²) in [6, 6.07) is 13.3. The SMILES string of the molecule is C#CCC(Cc1ccccc1)OC(=O)c1ccc(CNC(C)=O)s1. The van der Waals surface area contributed by atoms with Crippen molar-refractivity contribution >= 4 is 23.2 Å². The summed E-state index contributed by atoms with van der Waals surface area (Å²) < 4.78 is 5.56. The predicted octanol–water partition coefficient (Wildman–Crippen LogP) is 3.18. The molecule has 1 unspecified atom stereocenters. The Morgan fingerprint density at radius 1 is 1.25 bits per heavy atom. The van der Waals surface area contributed by atoms with Crippen LogP contribution in [0.2, 0.25) is 0 Å². The molecular weight excluding hydrogens is 322 g/mol. The Balaban J connectivity index is 1.97. The van der Waals surface area contributed by atoms with Gasteiger partial charge in [-0.15, -0.1) is 23.7 Å². The Bertz CT molecular complexity index is 731. The molecule has 0 aliphatic carbocycles. The maximum absolute atomic E-state index is 12.3. The van der Waals surface area contributed by atoms with Crippen LogP contribution in [0.25, 0.3) is 0 Å². The van der Waals surface area contributed by atoms with Crippen LogP contribution in [0, 0.1) is 12.3 Å². The van der Waals surface area contributed by atoms with Gasteiger partial charge in [-0.05, 0) is 17.7 Å². The van der Waals surface area contributed by atoms with E-state index in [1.54, 1.807) is 6.07 Å². The predicted molar refractivity (Wildman–Crippen MR) is 94.6 cm³/mol. The van der Waals surface area contributed by atoms with Gasteiger partial charge in [0.25, 0.3) is 0 Å². The second-order valence-corrected chi connectivity index (χ2v) is 6.47. The van der Waals surface area contributed by atoms with Gasteiger partial charge in [0.2, 0.25) is 5.91 Å². The monoisotopic (exact) mass is 341 g/mol. The summed E-state index contributed by atoms with van der Waals surface area (Å²) in [5.41, 5.74) is 1.07. The third-order valence-electron chi connectivity index (χ3n) is 3.30. The largest absolute Gasteiger partial charge is 0.457 e. The van der Waals surface area contributed by atoms with E-state index in [-0.39, 0.29) is 18.0 Å². The van der Waals surface area contributed by atoms with Gasteiger partial charge in [0.05, 0.1) is 6.54 Å². The maximum Gasteiger partial charge on any atom is 0.348 e. The van der Waals surface area contributed by atoms with Gasteiger partial charge in [-0.25, -0.2) is 4.79 Å². The molecule has 0 spiro atoms. The lowest BCUT2D eigenvalue weighted by Crippen LogP contribution is -2.20. The van der Waals surface area contributed by atoms with Crippen LogP contribution in [0.5, 0.6) is 0 Å². The second-order valence-electron chi connectivity index (χ2n) is 5.30. The molecule has 1 atom stereocenters. The van der Waals surface area contributed by atoms with Crippen LogP contribution in [0.3, 0.4) is 0 Å². The number of terminal acetylenes is 1. The van der Waals surface area contributed by atoms with Gasteiger partial charge < -0.3 is 10.1 Å². The van der Waals surface area contributed by atoms with Crippen molar-refractivity contribution in [2.24, 2.45) is 0 Å². The van der Waals surface area contributed by atoms with Crippen molar-refractivity contribution in [2.75, 3.05) is 0 Å². The summed E-state index contributed by atoms with van der Waals surface area (Å²) in [6.07, 6.45) is 5.98. The van der Waals surface area contributed by atoms with Crippen molar-refractivity contribution in [3.8, 4) is 12.3 Å². The molecule has 4 nitrogen and oxygen atoms in total. The molecule has 124 valence electrons. The fourth-order valence-corrected chi connectivity index (χ4v) is 3.00. The van der Waals surface area contributed by atoms with Crippen molar-refractivity contribution in [2.45, 2.75) is 32.4 Å². The van der Waals surface area contributed by atoms with E-state index in [0.717, 1.165) is 10.4 Å². The van der Waals surface area contributed by atoms with Crippen molar-refractivity contribution in [1.82, 2.24) is 5.32 Å². The van der Waals surface area contributed by atoms with E-state index in [4.69, 9.17) is 11.2 Å². The zero-order valence-electron chi connectivity index (χ0n) is 13.5. The zero-order chi connectivity index (χ0) is 17.4. The minimum absolute atomic E-state index is 0.107. The van der Waals surface area contributed by atoms with E-state index < -0.39 is 0 Å². The summed E-state index contributed by atoms with van der Waals surface area (Å²) >= 11 is 1.31. The maximum atomic E-state index is 12.3. The number of amides is 1. The molecule has 0 aliphatic heterocycles. The molecule has 24 heavy (non-hydrogen) atoms. The molecule has 1 aromatic heterocycles. The van der Waals surface area contributed by atoms with E-state index in [1.807, 2.05) is 36.4 Å². The number of rotatable bonds is 7. The van der Waals surface area contributed by atoms with Gasteiger partial charge in [-0.3, -0.25) is 4.79 Å². The van der Waals surface area contributed by atoms with Gasteiger partial charge in [0.1, 0.15) is 11.0 Å². The molecule has 2 rings (SSSR count). The molecule has 1 aromatic carbocycles. The van der Waals surface area contributed by atoms with Gasteiger partial charge in [0.15, 0.2) is 0 Å². The summed E-state index contributed by atoms with van der Waals surface area (Å²) in [5.74, 6) is 2.07. The molecule has 5 heteroatoms. The van der Waals surface area contributed by atoms with Gasteiger partial charge >= 0.3 is 5.97 Å². The van der Waals surface area contributed by atoms with Crippen LogP contribution in [-0.4, -0.2) is 18.0 Å². The average Bonchev–Trinajstić information content (AvgIpc) is 3.03. The van der Waals surface area contributed by atoms with E-state index in [9.17, 15) is 9.59 Å². The number of esters is 1. The first-order chi connectivity index (χ1) is 11.6. The number of benzene rings is 1. The number of hydrogen-bond donors (Lipinski definition) is 1. The van der Waals surface area contributed by atoms with Crippen LogP contribution < -0.4 is 5.32 Å². The lowest BCUT2D eigenvalue weighted by Gasteiger charge is -2.15. The lowest BCUT2D eigenvalue weighted by atomic mass is 10.1. The molecule has 1 amide bonds. The molecule has 1 N–H and O–H groups in total. The Hall–Kier alpha value is -2.58. The average molecular weight is 341 g/mol. The molecule has 2 aromatic rings. The Kier molecular flexibility index (Phi) is 6.59. The minimum Gasteiger partial charge on any atom is -0.457 e. The van der Waals surface area contributed by atoms with Gasteiger partial charge in [0, 0.05) is 24.6 Å². The van der Waals surface area contributed by atoms with E-state index in [2.05, 4.69) is 11.2 Å². The summed E-state index contributed by atoms with van der Waals surface area (Å²) in [7, 11) is 0. The fourth-order valence-electron chi connectivity index (χ4n) is 2.17. The highest BCUT2D eigenvalue weighted by molar-refractivity contribution is 7.13.